The molecule has 1 aromatic carbocycles. The van der Waals surface area contributed by atoms with E-state index in [1.165, 1.54) is 0 Å². The Morgan fingerprint density at radius 1 is 1.12 bits per heavy atom. The molecular formula is C22H24N4O6. The van der Waals surface area contributed by atoms with Gasteiger partial charge in [-0.2, -0.15) is 0 Å². The average molecular weight is 440 g/mol. The van der Waals surface area contributed by atoms with Crippen LogP contribution in [0.5, 0.6) is 0 Å². The molecule has 0 aliphatic carbocycles. The minimum Gasteiger partial charge on any atom is -0.478 e. The molecule has 1 fully saturated rings. The summed E-state index contributed by atoms with van der Waals surface area (Å²) in [7, 11) is 0. The van der Waals surface area contributed by atoms with Crippen molar-refractivity contribution >= 4 is 40.3 Å². The fraction of sp³-hybridized carbons (Fsp3) is 0.318. The standard InChI is InChI=1S/C18H20N4O2.C4H4O4/c23-16(11-22-9-3-6-17(22)24)21-18-12-4-1-2-5-14(12)20-15-7-8-19-10-13(15)18;5-3(6)1-2-4(7)8/h1-2,4-5,19H,3,6-11H2,(H,20,21,23);1-2H,(H,5,6)(H,7,8)/b;2-1-. The number of amides is 2. The summed E-state index contributed by atoms with van der Waals surface area (Å²) >= 11 is 0. The third-order valence-corrected chi connectivity index (χ3v) is 5.06. The molecule has 0 unspecified atom stereocenters. The summed E-state index contributed by atoms with van der Waals surface area (Å²) in [5.41, 5.74) is 3.83. The molecule has 0 radical (unpaired) electrons. The Labute approximate surface area is 183 Å². The largest absolute Gasteiger partial charge is 0.478 e. The number of carbonyl (C=O) groups excluding carboxylic acids is 2. The molecule has 2 aliphatic heterocycles. The molecule has 3 heterocycles. The summed E-state index contributed by atoms with van der Waals surface area (Å²) in [6.45, 7) is 2.39. The van der Waals surface area contributed by atoms with Gasteiger partial charge in [0.2, 0.25) is 11.8 Å². The highest BCUT2D eigenvalue weighted by molar-refractivity contribution is 6.04. The molecule has 4 rings (SSSR count). The number of carboxylic acid groups (broad SMARTS) is 2. The topological polar surface area (TPSA) is 149 Å². The van der Waals surface area contributed by atoms with E-state index in [0.29, 0.717) is 31.7 Å². The van der Waals surface area contributed by atoms with Crippen LogP contribution < -0.4 is 10.6 Å². The van der Waals surface area contributed by atoms with Crippen LogP contribution in [0.1, 0.15) is 24.1 Å². The molecule has 168 valence electrons. The van der Waals surface area contributed by atoms with Crippen molar-refractivity contribution < 1.29 is 29.4 Å². The lowest BCUT2D eigenvalue weighted by atomic mass is 10.0. The summed E-state index contributed by atoms with van der Waals surface area (Å²) < 4.78 is 0. The highest BCUT2D eigenvalue weighted by Gasteiger charge is 2.24. The van der Waals surface area contributed by atoms with Gasteiger partial charge >= 0.3 is 11.9 Å². The monoisotopic (exact) mass is 440 g/mol. The molecule has 0 atom stereocenters. The predicted molar refractivity (Wildman–Crippen MR) is 116 cm³/mol. The SMILES string of the molecule is O=C(CN1CCCC1=O)Nc1c2c(nc3ccccc13)CCNC2.O=C(O)/C=C\C(=O)O. The van der Waals surface area contributed by atoms with Gasteiger partial charge < -0.3 is 25.7 Å². The molecule has 32 heavy (non-hydrogen) atoms. The Morgan fingerprint density at radius 2 is 1.84 bits per heavy atom. The Morgan fingerprint density at radius 3 is 2.50 bits per heavy atom. The third kappa shape index (κ3) is 5.88. The molecule has 0 bridgehead atoms. The van der Waals surface area contributed by atoms with Crippen molar-refractivity contribution in [2.45, 2.75) is 25.8 Å². The first-order chi connectivity index (χ1) is 15.3. The number of carbonyl (C=O) groups is 4. The highest BCUT2D eigenvalue weighted by Crippen LogP contribution is 2.30. The second kappa shape index (κ2) is 10.5. The molecule has 0 saturated carbocycles. The third-order valence-electron chi connectivity index (χ3n) is 5.06. The predicted octanol–water partition coefficient (Wildman–Crippen LogP) is 1.15. The van der Waals surface area contributed by atoms with Crippen LogP contribution in [0, 0.1) is 0 Å². The fourth-order valence-corrected chi connectivity index (χ4v) is 3.63. The zero-order valence-corrected chi connectivity index (χ0v) is 17.3. The van der Waals surface area contributed by atoms with Crippen molar-refractivity contribution in [3.63, 3.8) is 0 Å². The van der Waals surface area contributed by atoms with Gasteiger partial charge in [0.15, 0.2) is 0 Å². The summed E-state index contributed by atoms with van der Waals surface area (Å²) in [4.78, 5) is 49.7. The van der Waals surface area contributed by atoms with Crippen molar-refractivity contribution in [3.8, 4) is 0 Å². The van der Waals surface area contributed by atoms with E-state index < -0.39 is 11.9 Å². The van der Waals surface area contributed by atoms with E-state index in [2.05, 4.69) is 10.6 Å². The average Bonchev–Trinajstić information content (AvgIpc) is 3.16. The van der Waals surface area contributed by atoms with Crippen molar-refractivity contribution in [3.05, 3.63) is 47.7 Å². The van der Waals surface area contributed by atoms with Crippen LogP contribution in [0.25, 0.3) is 10.9 Å². The van der Waals surface area contributed by atoms with Crippen LogP contribution in [0.2, 0.25) is 0 Å². The van der Waals surface area contributed by atoms with E-state index in [0.717, 1.165) is 47.2 Å². The van der Waals surface area contributed by atoms with Gasteiger partial charge in [-0.25, -0.2) is 9.59 Å². The molecule has 1 saturated heterocycles. The number of nitrogens with zero attached hydrogens (tertiary/aromatic N) is 2. The molecule has 1 aromatic heterocycles. The number of nitrogens with one attached hydrogen (secondary N) is 2. The number of pyridine rings is 1. The number of benzene rings is 1. The first kappa shape index (κ1) is 22.9. The van der Waals surface area contributed by atoms with Crippen molar-refractivity contribution in [1.82, 2.24) is 15.2 Å². The lowest BCUT2D eigenvalue weighted by Crippen LogP contribution is -2.34. The Hall–Kier alpha value is -3.79. The maximum atomic E-state index is 12.5. The summed E-state index contributed by atoms with van der Waals surface area (Å²) in [5, 5.41) is 23.0. The number of rotatable bonds is 5. The highest BCUT2D eigenvalue weighted by atomic mass is 16.4. The number of aromatic nitrogens is 1. The van der Waals surface area contributed by atoms with E-state index in [-0.39, 0.29) is 18.4 Å². The Kier molecular flexibility index (Phi) is 7.50. The lowest BCUT2D eigenvalue weighted by Gasteiger charge is -2.23. The van der Waals surface area contributed by atoms with E-state index in [4.69, 9.17) is 15.2 Å². The van der Waals surface area contributed by atoms with Gasteiger partial charge in [-0.1, -0.05) is 18.2 Å². The number of para-hydroxylation sites is 1. The molecule has 10 heteroatoms. The number of anilines is 1. The van der Waals surface area contributed by atoms with Crippen LogP contribution in [0.4, 0.5) is 5.69 Å². The summed E-state index contributed by atoms with van der Waals surface area (Å²) in [6, 6.07) is 7.86. The maximum Gasteiger partial charge on any atom is 0.328 e. The fourth-order valence-electron chi connectivity index (χ4n) is 3.63. The van der Waals surface area contributed by atoms with Gasteiger partial charge in [-0.3, -0.25) is 14.6 Å². The van der Waals surface area contributed by atoms with Crippen LogP contribution >= 0.6 is 0 Å². The minimum absolute atomic E-state index is 0.0634. The van der Waals surface area contributed by atoms with Gasteiger partial charge in [-0.15, -0.1) is 0 Å². The second-order valence-corrected chi connectivity index (χ2v) is 7.33. The van der Waals surface area contributed by atoms with Crippen LogP contribution in [-0.4, -0.2) is 63.5 Å². The molecule has 2 aliphatic rings. The van der Waals surface area contributed by atoms with E-state index in [1.54, 1.807) is 4.90 Å². The number of aliphatic carboxylic acids is 2. The van der Waals surface area contributed by atoms with E-state index >= 15 is 0 Å². The van der Waals surface area contributed by atoms with Crippen LogP contribution in [-0.2, 0) is 32.1 Å². The van der Waals surface area contributed by atoms with Crippen LogP contribution in [0.3, 0.4) is 0 Å². The van der Waals surface area contributed by atoms with Crippen molar-refractivity contribution in [1.29, 1.82) is 0 Å². The molecule has 10 nitrogen and oxygen atoms in total. The van der Waals surface area contributed by atoms with Gasteiger partial charge in [0, 0.05) is 61.3 Å². The second-order valence-electron chi connectivity index (χ2n) is 7.33. The Bertz CT molecular complexity index is 1070. The lowest BCUT2D eigenvalue weighted by molar-refractivity contribution is -0.134. The van der Waals surface area contributed by atoms with Gasteiger partial charge in [0.25, 0.3) is 0 Å². The number of carboxylic acids is 2. The van der Waals surface area contributed by atoms with E-state index in [1.807, 2.05) is 24.3 Å². The molecule has 4 N–H and O–H groups in total. The zero-order valence-electron chi connectivity index (χ0n) is 17.3. The number of hydrogen-bond donors (Lipinski definition) is 4. The number of likely N-dealkylation sites (tertiary alicyclic amines) is 1. The smallest absolute Gasteiger partial charge is 0.328 e. The summed E-state index contributed by atoms with van der Waals surface area (Å²) in [6.07, 6.45) is 3.35. The number of fused-ring (bicyclic) bond motifs is 2. The van der Waals surface area contributed by atoms with E-state index in [9.17, 15) is 19.2 Å². The molecular weight excluding hydrogens is 416 g/mol. The molecule has 0 spiro atoms. The van der Waals surface area contributed by atoms with Crippen molar-refractivity contribution in [2.75, 3.05) is 25.0 Å². The molecule has 2 amide bonds. The molecule has 2 aromatic rings. The number of hydrogen-bond acceptors (Lipinski definition) is 6. The maximum absolute atomic E-state index is 12.5. The summed E-state index contributed by atoms with van der Waals surface area (Å²) in [5.74, 6) is -2.59. The zero-order chi connectivity index (χ0) is 23.1. The van der Waals surface area contributed by atoms with Gasteiger partial charge in [-0.05, 0) is 12.5 Å². The first-order valence-electron chi connectivity index (χ1n) is 10.2. The Balaban J connectivity index is 0.000000312. The van der Waals surface area contributed by atoms with Crippen molar-refractivity contribution in [2.24, 2.45) is 0 Å². The first-order valence-corrected chi connectivity index (χ1v) is 10.2. The van der Waals surface area contributed by atoms with Gasteiger partial charge in [0.1, 0.15) is 0 Å². The van der Waals surface area contributed by atoms with Crippen LogP contribution in [0.15, 0.2) is 36.4 Å². The van der Waals surface area contributed by atoms with Gasteiger partial charge in [0.05, 0.1) is 17.7 Å². The normalized spacial score (nSPS) is 15.2. The minimum atomic E-state index is -1.26. The quantitative estimate of drug-likeness (QED) is 0.506.